The number of methoxy groups -OCH3 is 1. The standard InChI is InChI=1S/C11H12ClF3O4/c1-18-8-3-6(4-16)2-7(12)10(8)19-5-9(17)11(13,14)15/h2-3,9,16-17H,4-5H2,1H3. The van der Waals surface area contributed by atoms with Crippen LogP contribution in [-0.4, -0.2) is 36.2 Å². The number of hydrogen-bond donors (Lipinski definition) is 2. The summed E-state index contributed by atoms with van der Waals surface area (Å²) in [6, 6.07) is 2.71. The van der Waals surface area contributed by atoms with E-state index in [4.69, 9.17) is 31.3 Å². The molecule has 0 amide bonds. The molecule has 1 unspecified atom stereocenters. The lowest BCUT2D eigenvalue weighted by Gasteiger charge is -2.18. The van der Waals surface area contributed by atoms with Crippen LogP contribution >= 0.6 is 11.6 Å². The van der Waals surface area contributed by atoms with E-state index in [1.54, 1.807) is 0 Å². The molecule has 0 radical (unpaired) electrons. The van der Waals surface area contributed by atoms with Gasteiger partial charge in [-0.15, -0.1) is 0 Å². The van der Waals surface area contributed by atoms with Crippen molar-refractivity contribution in [3.63, 3.8) is 0 Å². The van der Waals surface area contributed by atoms with Gasteiger partial charge < -0.3 is 19.7 Å². The quantitative estimate of drug-likeness (QED) is 0.875. The molecule has 0 aliphatic carbocycles. The van der Waals surface area contributed by atoms with Gasteiger partial charge in [0.15, 0.2) is 17.6 Å². The summed E-state index contributed by atoms with van der Waals surface area (Å²) in [7, 11) is 1.28. The normalized spacial score (nSPS) is 13.2. The van der Waals surface area contributed by atoms with E-state index in [1.165, 1.54) is 19.2 Å². The Morgan fingerprint density at radius 3 is 2.47 bits per heavy atom. The summed E-state index contributed by atoms with van der Waals surface area (Å²) < 4.78 is 46.1. The lowest BCUT2D eigenvalue weighted by Crippen LogP contribution is -2.34. The minimum absolute atomic E-state index is 0.0159. The highest BCUT2D eigenvalue weighted by Gasteiger charge is 2.39. The van der Waals surface area contributed by atoms with E-state index in [1.807, 2.05) is 0 Å². The second-order valence-corrected chi connectivity index (χ2v) is 4.04. The Bertz CT molecular complexity index is 437. The van der Waals surface area contributed by atoms with Crippen LogP contribution < -0.4 is 9.47 Å². The number of benzene rings is 1. The van der Waals surface area contributed by atoms with Crippen LogP contribution in [0.3, 0.4) is 0 Å². The molecule has 0 aliphatic rings. The van der Waals surface area contributed by atoms with Gasteiger partial charge in [0.1, 0.15) is 6.61 Å². The third kappa shape index (κ3) is 4.15. The Hall–Kier alpha value is -1.18. The maximum Gasteiger partial charge on any atom is 0.417 e. The molecule has 0 spiro atoms. The van der Waals surface area contributed by atoms with E-state index in [9.17, 15) is 13.2 Å². The third-order valence-corrected chi connectivity index (χ3v) is 2.52. The fourth-order valence-electron chi connectivity index (χ4n) is 1.26. The van der Waals surface area contributed by atoms with Gasteiger partial charge in [0.25, 0.3) is 0 Å². The summed E-state index contributed by atoms with van der Waals surface area (Å²) in [6.07, 6.45) is -7.39. The first-order valence-corrected chi connectivity index (χ1v) is 5.52. The Morgan fingerprint density at radius 1 is 1.37 bits per heavy atom. The molecular weight excluding hydrogens is 289 g/mol. The van der Waals surface area contributed by atoms with Gasteiger partial charge in [-0.2, -0.15) is 13.2 Å². The average molecular weight is 301 g/mol. The molecule has 1 rings (SSSR count). The van der Waals surface area contributed by atoms with Crippen LogP contribution in [0.25, 0.3) is 0 Å². The highest BCUT2D eigenvalue weighted by Crippen LogP contribution is 2.37. The zero-order chi connectivity index (χ0) is 14.6. The molecule has 0 aliphatic heterocycles. The Morgan fingerprint density at radius 2 is 2.00 bits per heavy atom. The third-order valence-electron chi connectivity index (χ3n) is 2.24. The number of rotatable bonds is 5. The Kier molecular flexibility index (Phi) is 5.28. The summed E-state index contributed by atoms with van der Waals surface area (Å²) >= 11 is 5.81. The maximum absolute atomic E-state index is 12.1. The van der Waals surface area contributed by atoms with Crippen LogP contribution in [-0.2, 0) is 6.61 Å². The van der Waals surface area contributed by atoms with Crippen LogP contribution in [0.5, 0.6) is 11.5 Å². The minimum Gasteiger partial charge on any atom is -0.493 e. The topological polar surface area (TPSA) is 58.9 Å². The van der Waals surface area contributed by atoms with Gasteiger partial charge in [-0.1, -0.05) is 11.6 Å². The van der Waals surface area contributed by atoms with Gasteiger partial charge in [-0.05, 0) is 17.7 Å². The van der Waals surface area contributed by atoms with E-state index in [0.717, 1.165) is 0 Å². The number of halogens is 4. The number of aliphatic hydroxyl groups excluding tert-OH is 2. The maximum atomic E-state index is 12.1. The predicted octanol–water partition coefficient (Wildman–Crippen LogP) is 2.14. The molecule has 0 heterocycles. The fraction of sp³-hybridized carbons (Fsp3) is 0.455. The largest absolute Gasteiger partial charge is 0.493 e. The summed E-state index contributed by atoms with van der Waals surface area (Å²) in [5.74, 6) is -0.0457. The predicted molar refractivity (Wildman–Crippen MR) is 61.5 cm³/mol. The Balaban J connectivity index is 2.89. The first-order chi connectivity index (χ1) is 8.79. The van der Waals surface area contributed by atoms with Crippen molar-refractivity contribution in [1.82, 2.24) is 0 Å². The van der Waals surface area contributed by atoms with Crippen molar-refractivity contribution in [2.75, 3.05) is 13.7 Å². The number of alkyl halides is 3. The smallest absolute Gasteiger partial charge is 0.417 e. The number of ether oxygens (including phenoxy) is 2. The second-order valence-electron chi connectivity index (χ2n) is 3.64. The molecule has 0 saturated heterocycles. The van der Waals surface area contributed by atoms with Crippen molar-refractivity contribution in [3.8, 4) is 11.5 Å². The van der Waals surface area contributed by atoms with E-state index < -0.39 is 18.9 Å². The number of aliphatic hydroxyl groups is 2. The van der Waals surface area contributed by atoms with E-state index in [0.29, 0.717) is 5.56 Å². The molecule has 0 saturated carbocycles. The van der Waals surface area contributed by atoms with Crippen LogP contribution in [0.4, 0.5) is 13.2 Å². The fourth-order valence-corrected chi connectivity index (χ4v) is 1.55. The van der Waals surface area contributed by atoms with Gasteiger partial charge in [0, 0.05) is 0 Å². The SMILES string of the molecule is COc1cc(CO)cc(Cl)c1OCC(O)C(F)(F)F. The van der Waals surface area contributed by atoms with Gasteiger partial charge in [-0.25, -0.2) is 0 Å². The molecule has 1 aromatic rings. The molecule has 108 valence electrons. The van der Waals surface area contributed by atoms with Crippen molar-refractivity contribution in [2.45, 2.75) is 18.9 Å². The van der Waals surface area contributed by atoms with Crippen molar-refractivity contribution < 1.29 is 32.9 Å². The van der Waals surface area contributed by atoms with Gasteiger partial charge >= 0.3 is 6.18 Å². The van der Waals surface area contributed by atoms with Crippen LogP contribution in [0, 0.1) is 0 Å². The van der Waals surface area contributed by atoms with E-state index in [-0.39, 0.29) is 23.1 Å². The molecule has 4 nitrogen and oxygen atoms in total. The van der Waals surface area contributed by atoms with E-state index >= 15 is 0 Å². The summed E-state index contributed by atoms with van der Waals surface area (Å²) in [4.78, 5) is 0. The summed E-state index contributed by atoms with van der Waals surface area (Å²) in [5, 5.41) is 17.8. The van der Waals surface area contributed by atoms with Crippen molar-refractivity contribution in [2.24, 2.45) is 0 Å². The zero-order valence-corrected chi connectivity index (χ0v) is 10.6. The van der Waals surface area contributed by atoms with Gasteiger partial charge in [0.05, 0.1) is 18.7 Å². The zero-order valence-electron chi connectivity index (χ0n) is 9.87. The molecule has 1 aromatic carbocycles. The van der Waals surface area contributed by atoms with Crippen LogP contribution in [0.2, 0.25) is 5.02 Å². The van der Waals surface area contributed by atoms with Crippen molar-refractivity contribution >= 4 is 11.6 Å². The molecule has 0 fully saturated rings. The molecule has 1 atom stereocenters. The molecular formula is C11H12ClF3O4. The van der Waals surface area contributed by atoms with E-state index in [2.05, 4.69) is 0 Å². The monoisotopic (exact) mass is 300 g/mol. The van der Waals surface area contributed by atoms with Crippen LogP contribution in [0.1, 0.15) is 5.56 Å². The van der Waals surface area contributed by atoms with Gasteiger partial charge in [-0.3, -0.25) is 0 Å². The van der Waals surface area contributed by atoms with Crippen molar-refractivity contribution in [1.29, 1.82) is 0 Å². The highest BCUT2D eigenvalue weighted by atomic mass is 35.5. The molecule has 0 aromatic heterocycles. The minimum atomic E-state index is -4.77. The lowest BCUT2D eigenvalue weighted by molar-refractivity contribution is -0.210. The van der Waals surface area contributed by atoms with Gasteiger partial charge in [0.2, 0.25) is 0 Å². The number of hydrogen-bond acceptors (Lipinski definition) is 4. The molecule has 8 heteroatoms. The first-order valence-electron chi connectivity index (χ1n) is 5.14. The highest BCUT2D eigenvalue weighted by molar-refractivity contribution is 6.32. The molecule has 2 N–H and O–H groups in total. The lowest BCUT2D eigenvalue weighted by atomic mass is 10.2. The average Bonchev–Trinajstić information content (AvgIpc) is 2.34. The molecule has 19 heavy (non-hydrogen) atoms. The second kappa shape index (κ2) is 6.31. The first kappa shape index (κ1) is 15.9. The summed E-state index contributed by atoms with van der Waals surface area (Å²) in [6.45, 7) is -1.31. The molecule has 0 bridgehead atoms. The Labute approximate surface area is 112 Å². The van der Waals surface area contributed by atoms with Crippen molar-refractivity contribution in [3.05, 3.63) is 22.7 Å². The van der Waals surface area contributed by atoms with Crippen LogP contribution in [0.15, 0.2) is 12.1 Å². The summed E-state index contributed by atoms with van der Waals surface area (Å²) in [5.41, 5.74) is 0.422.